The summed E-state index contributed by atoms with van der Waals surface area (Å²) in [6, 6.07) is 8.26. The Morgan fingerprint density at radius 2 is 2.33 bits per heavy atom. The molecule has 1 saturated carbocycles. The van der Waals surface area contributed by atoms with Crippen LogP contribution in [0.25, 0.3) is 0 Å². The summed E-state index contributed by atoms with van der Waals surface area (Å²) in [6.07, 6.45) is 7.88. The van der Waals surface area contributed by atoms with Crippen molar-refractivity contribution in [3.63, 3.8) is 0 Å². The predicted octanol–water partition coefficient (Wildman–Crippen LogP) is 3.04. The maximum absolute atomic E-state index is 12.8. The number of hydrogen-bond acceptors (Lipinski definition) is 3. The van der Waals surface area contributed by atoms with Crippen molar-refractivity contribution in [3.05, 3.63) is 47.8 Å². The van der Waals surface area contributed by atoms with Gasteiger partial charge < -0.3 is 10.1 Å². The van der Waals surface area contributed by atoms with Crippen molar-refractivity contribution in [1.29, 1.82) is 0 Å². The van der Waals surface area contributed by atoms with E-state index in [0.717, 1.165) is 50.1 Å². The molecular formula is C19H23N3O2. The molecule has 1 aromatic carbocycles. The summed E-state index contributed by atoms with van der Waals surface area (Å²) in [5.74, 6) is 0.0739. The Balaban J connectivity index is 1.43. The van der Waals surface area contributed by atoms with Crippen molar-refractivity contribution in [2.45, 2.75) is 50.7 Å². The SMILES string of the molecule is Cc1cccc(C2(C(=O)Nc3cnn(C[C@@H]4CCCO4)c3)CC2)c1. The lowest BCUT2D eigenvalue weighted by molar-refractivity contribution is -0.118. The molecule has 2 heterocycles. The Morgan fingerprint density at radius 3 is 3.04 bits per heavy atom. The number of nitrogens with zero attached hydrogens (tertiary/aromatic N) is 2. The van der Waals surface area contributed by atoms with E-state index < -0.39 is 0 Å². The van der Waals surface area contributed by atoms with Crippen LogP contribution in [-0.2, 0) is 21.5 Å². The molecule has 2 fully saturated rings. The molecule has 1 atom stereocenters. The standard InChI is InChI=1S/C19H23N3O2/c1-14-4-2-5-15(10-14)19(7-8-19)18(23)21-16-11-20-22(12-16)13-17-6-3-9-24-17/h2,4-5,10-12,17H,3,6-9,13H2,1H3,(H,21,23)/t17-/m0/s1. The molecule has 4 rings (SSSR count). The van der Waals surface area contributed by atoms with Gasteiger partial charge in [-0.2, -0.15) is 5.10 Å². The van der Waals surface area contributed by atoms with E-state index in [1.807, 2.05) is 16.9 Å². The molecule has 0 unspecified atom stereocenters. The van der Waals surface area contributed by atoms with Gasteiger partial charge in [-0.15, -0.1) is 0 Å². The van der Waals surface area contributed by atoms with Gasteiger partial charge in [0, 0.05) is 12.8 Å². The van der Waals surface area contributed by atoms with Crippen molar-refractivity contribution < 1.29 is 9.53 Å². The molecule has 2 aromatic rings. The summed E-state index contributed by atoms with van der Waals surface area (Å²) in [7, 11) is 0. The second-order valence-electron chi connectivity index (χ2n) is 6.99. The normalized spacial score (nSPS) is 21.6. The molecule has 1 aromatic heterocycles. The van der Waals surface area contributed by atoms with Gasteiger partial charge in [-0.05, 0) is 38.2 Å². The lowest BCUT2D eigenvalue weighted by atomic mass is 9.93. The van der Waals surface area contributed by atoms with Crippen LogP contribution >= 0.6 is 0 Å². The number of carbonyl (C=O) groups excluding carboxylic acids is 1. The Bertz CT molecular complexity index is 743. The number of aromatic nitrogens is 2. The van der Waals surface area contributed by atoms with Crippen molar-refractivity contribution in [1.82, 2.24) is 9.78 Å². The minimum Gasteiger partial charge on any atom is -0.376 e. The largest absolute Gasteiger partial charge is 0.376 e. The maximum atomic E-state index is 12.8. The molecule has 1 N–H and O–H groups in total. The van der Waals surface area contributed by atoms with Gasteiger partial charge >= 0.3 is 0 Å². The molecule has 24 heavy (non-hydrogen) atoms. The van der Waals surface area contributed by atoms with Crippen LogP contribution in [0.5, 0.6) is 0 Å². The second-order valence-corrected chi connectivity index (χ2v) is 6.99. The molecule has 0 spiro atoms. The Kier molecular flexibility index (Phi) is 3.88. The van der Waals surface area contributed by atoms with Gasteiger partial charge in [-0.25, -0.2) is 0 Å². The van der Waals surface area contributed by atoms with Gasteiger partial charge in [-0.1, -0.05) is 29.8 Å². The van der Waals surface area contributed by atoms with Crippen LogP contribution < -0.4 is 5.32 Å². The number of amides is 1. The van der Waals surface area contributed by atoms with Crippen LogP contribution in [0.4, 0.5) is 5.69 Å². The summed E-state index contributed by atoms with van der Waals surface area (Å²) in [4.78, 5) is 12.8. The number of benzene rings is 1. The van der Waals surface area contributed by atoms with Gasteiger partial charge in [0.15, 0.2) is 0 Å². The third-order valence-corrected chi connectivity index (χ3v) is 5.06. The average molecular weight is 325 g/mol. The second kappa shape index (κ2) is 6.06. The van der Waals surface area contributed by atoms with E-state index in [9.17, 15) is 4.79 Å². The molecule has 5 heteroatoms. The molecular weight excluding hydrogens is 302 g/mol. The summed E-state index contributed by atoms with van der Waals surface area (Å²) in [5.41, 5.74) is 2.71. The zero-order chi connectivity index (χ0) is 16.6. The van der Waals surface area contributed by atoms with E-state index in [1.54, 1.807) is 6.20 Å². The van der Waals surface area contributed by atoms with Gasteiger partial charge in [0.05, 0.1) is 29.9 Å². The van der Waals surface area contributed by atoms with E-state index in [0.29, 0.717) is 0 Å². The number of anilines is 1. The molecule has 5 nitrogen and oxygen atoms in total. The van der Waals surface area contributed by atoms with Crippen molar-refractivity contribution in [2.24, 2.45) is 0 Å². The molecule has 1 aliphatic carbocycles. The lowest BCUT2D eigenvalue weighted by Crippen LogP contribution is -2.27. The highest BCUT2D eigenvalue weighted by molar-refractivity contribution is 6.01. The summed E-state index contributed by atoms with van der Waals surface area (Å²) in [5, 5.41) is 7.39. The highest BCUT2D eigenvalue weighted by Gasteiger charge is 2.51. The minimum absolute atomic E-state index is 0.0739. The van der Waals surface area contributed by atoms with Crippen LogP contribution in [0.3, 0.4) is 0 Å². The fraction of sp³-hybridized carbons (Fsp3) is 0.474. The van der Waals surface area contributed by atoms with E-state index >= 15 is 0 Å². The van der Waals surface area contributed by atoms with Gasteiger partial charge in [-0.3, -0.25) is 9.48 Å². The Hall–Kier alpha value is -2.14. The van der Waals surface area contributed by atoms with E-state index in [1.165, 1.54) is 5.56 Å². The van der Waals surface area contributed by atoms with Crippen molar-refractivity contribution in [3.8, 4) is 0 Å². The fourth-order valence-corrected chi connectivity index (χ4v) is 3.49. The van der Waals surface area contributed by atoms with Crippen molar-refractivity contribution >= 4 is 11.6 Å². The van der Waals surface area contributed by atoms with Gasteiger partial charge in [0.25, 0.3) is 0 Å². The molecule has 126 valence electrons. The smallest absolute Gasteiger partial charge is 0.235 e. The number of aryl methyl sites for hydroxylation is 1. The van der Waals surface area contributed by atoms with E-state index in [4.69, 9.17) is 4.74 Å². The minimum atomic E-state index is -0.358. The first-order valence-corrected chi connectivity index (χ1v) is 8.68. The van der Waals surface area contributed by atoms with Crippen LogP contribution in [0.2, 0.25) is 0 Å². The highest BCUT2D eigenvalue weighted by atomic mass is 16.5. The first-order chi connectivity index (χ1) is 11.7. The quantitative estimate of drug-likeness (QED) is 0.919. The number of rotatable bonds is 5. The average Bonchev–Trinajstić information content (AvgIpc) is 3.02. The zero-order valence-electron chi connectivity index (χ0n) is 14.0. The summed E-state index contributed by atoms with van der Waals surface area (Å²) >= 11 is 0. The molecule has 1 saturated heterocycles. The van der Waals surface area contributed by atoms with Gasteiger partial charge in [0.1, 0.15) is 0 Å². The van der Waals surface area contributed by atoms with Crippen LogP contribution in [-0.4, -0.2) is 28.4 Å². The number of ether oxygens (including phenoxy) is 1. The van der Waals surface area contributed by atoms with E-state index in [2.05, 4.69) is 35.5 Å². The van der Waals surface area contributed by atoms with Crippen molar-refractivity contribution in [2.75, 3.05) is 11.9 Å². The number of nitrogens with one attached hydrogen (secondary N) is 1. The number of carbonyl (C=O) groups is 1. The lowest BCUT2D eigenvalue weighted by Gasteiger charge is -2.15. The zero-order valence-corrected chi connectivity index (χ0v) is 14.0. The third kappa shape index (κ3) is 2.96. The fourth-order valence-electron chi connectivity index (χ4n) is 3.49. The monoisotopic (exact) mass is 325 g/mol. The third-order valence-electron chi connectivity index (χ3n) is 5.06. The summed E-state index contributed by atoms with van der Waals surface area (Å²) in [6.45, 7) is 3.65. The number of hydrogen-bond donors (Lipinski definition) is 1. The Morgan fingerprint density at radius 1 is 1.46 bits per heavy atom. The molecule has 1 aliphatic heterocycles. The predicted molar refractivity (Wildman–Crippen MR) is 91.9 cm³/mol. The molecule has 0 bridgehead atoms. The summed E-state index contributed by atoms with van der Waals surface area (Å²) < 4.78 is 7.49. The first kappa shape index (κ1) is 15.4. The van der Waals surface area contributed by atoms with Crippen LogP contribution in [0, 0.1) is 6.92 Å². The molecule has 0 radical (unpaired) electrons. The highest BCUT2D eigenvalue weighted by Crippen LogP contribution is 2.49. The van der Waals surface area contributed by atoms with Gasteiger partial charge in [0.2, 0.25) is 5.91 Å². The van der Waals surface area contributed by atoms with Crippen LogP contribution in [0.15, 0.2) is 36.7 Å². The first-order valence-electron chi connectivity index (χ1n) is 8.68. The molecule has 2 aliphatic rings. The Labute approximate surface area is 142 Å². The topological polar surface area (TPSA) is 56.2 Å². The maximum Gasteiger partial charge on any atom is 0.235 e. The van der Waals surface area contributed by atoms with E-state index in [-0.39, 0.29) is 17.4 Å². The molecule has 1 amide bonds. The van der Waals surface area contributed by atoms with Crippen LogP contribution in [0.1, 0.15) is 36.8 Å².